The van der Waals surface area contributed by atoms with Gasteiger partial charge in [0.2, 0.25) is 10.0 Å². The van der Waals surface area contributed by atoms with Crippen LogP contribution < -0.4 is 10.0 Å². The molecule has 98 valence electrons. The minimum atomic E-state index is -3.19. The summed E-state index contributed by atoms with van der Waals surface area (Å²) in [4.78, 5) is 0. The second-order valence-electron chi connectivity index (χ2n) is 4.68. The fraction of sp³-hybridized carbons (Fsp3) is 1.00. The van der Waals surface area contributed by atoms with Gasteiger partial charge in [-0.05, 0) is 33.2 Å². The van der Waals surface area contributed by atoms with Crippen molar-refractivity contribution in [2.24, 2.45) is 5.92 Å². The maximum atomic E-state index is 11.8. The van der Waals surface area contributed by atoms with Gasteiger partial charge in [0.05, 0.1) is 5.25 Å². The first-order valence-corrected chi connectivity index (χ1v) is 7.53. The van der Waals surface area contributed by atoms with Crippen LogP contribution in [0.25, 0.3) is 0 Å². The number of rotatable bonds is 8. The van der Waals surface area contributed by atoms with Gasteiger partial charge >= 0.3 is 0 Å². The summed E-state index contributed by atoms with van der Waals surface area (Å²) in [6, 6.07) is 0.0132. The van der Waals surface area contributed by atoms with Gasteiger partial charge < -0.3 is 5.32 Å². The largest absolute Gasteiger partial charge is 0.318 e. The number of sulfonamides is 1. The van der Waals surface area contributed by atoms with Crippen molar-refractivity contribution in [1.82, 2.24) is 10.0 Å². The van der Waals surface area contributed by atoms with Crippen molar-refractivity contribution >= 4 is 10.0 Å². The van der Waals surface area contributed by atoms with Crippen LogP contribution in [0, 0.1) is 5.92 Å². The molecule has 16 heavy (non-hydrogen) atoms. The number of hydrogen-bond acceptors (Lipinski definition) is 3. The molecular formula is C11H26N2O2S. The van der Waals surface area contributed by atoms with Gasteiger partial charge in [0.25, 0.3) is 0 Å². The first-order valence-electron chi connectivity index (χ1n) is 5.99. The fourth-order valence-corrected chi connectivity index (χ4v) is 2.89. The van der Waals surface area contributed by atoms with Crippen molar-refractivity contribution in [2.45, 2.75) is 51.8 Å². The van der Waals surface area contributed by atoms with E-state index in [0.29, 0.717) is 12.5 Å². The van der Waals surface area contributed by atoms with E-state index in [1.807, 2.05) is 6.92 Å². The molecule has 0 bridgehead atoms. The summed E-state index contributed by atoms with van der Waals surface area (Å²) < 4.78 is 26.4. The Bertz CT molecular complexity index is 278. The van der Waals surface area contributed by atoms with Crippen LogP contribution in [0.4, 0.5) is 0 Å². The predicted molar refractivity (Wildman–Crippen MR) is 69.0 cm³/mol. The molecule has 0 rings (SSSR count). The monoisotopic (exact) mass is 250 g/mol. The van der Waals surface area contributed by atoms with Crippen molar-refractivity contribution in [2.75, 3.05) is 13.6 Å². The summed E-state index contributed by atoms with van der Waals surface area (Å²) in [5, 5.41) is 2.49. The molecule has 0 fully saturated rings. The van der Waals surface area contributed by atoms with E-state index in [9.17, 15) is 8.42 Å². The van der Waals surface area contributed by atoms with Crippen molar-refractivity contribution < 1.29 is 8.42 Å². The van der Waals surface area contributed by atoms with Crippen LogP contribution >= 0.6 is 0 Å². The second kappa shape index (κ2) is 7.25. The van der Waals surface area contributed by atoms with Crippen LogP contribution in [0.2, 0.25) is 0 Å². The van der Waals surface area contributed by atoms with E-state index in [0.717, 1.165) is 12.8 Å². The highest BCUT2D eigenvalue weighted by Crippen LogP contribution is 2.11. The maximum Gasteiger partial charge on any atom is 0.215 e. The standard InChI is InChI=1S/C11H26N2O2S/c1-6-9(2)7-10(3)13-16(14,15)11(4)8-12-5/h9-13H,6-8H2,1-5H3. The lowest BCUT2D eigenvalue weighted by Crippen LogP contribution is -2.42. The number of nitrogens with one attached hydrogen (secondary N) is 2. The van der Waals surface area contributed by atoms with E-state index < -0.39 is 15.3 Å². The smallest absolute Gasteiger partial charge is 0.215 e. The van der Waals surface area contributed by atoms with Gasteiger partial charge in [-0.25, -0.2) is 13.1 Å². The van der Waals surface area contributed by atoms with Gasteiger partial charge in [-0.2, -0.15) is 0 Å². The van der Waals surface area contributed by atoms with Crippen molar-refractivity contribution in [3.8, 4) is 0 Å². The molecule has 0 aromatic carbocycles. The highest BCUT2D eigenvalue weighted by atomic mass is 32.2. The third-order valence-corrected chi connectivity index (χ3v) is 4.80. The Hall–Kier alpha value is -0.130. The van der Waals surface area contributed by atoms with E-state index in [2.05, 4.69) is 23.9 Å². The van der Waals surface area contributed by atoms with Crippen molar-refractivity contribution in [1.29, 1.82) is 0 Å². The van der Waals surface area contributed by atoms with E-state index in [1.54, 1.807) is 14.0 Å². The molecule has 0 radical (unpaired) electrons. The molecule has 3 unspecified atom stereocenters. The Morgan fingerprint density at radius 3 is 2.19 bits per heavy atom. The van der Waals surface area contributed by atoms with Gasteiger partial charge in [0.15, 0.2) is 0 Å². The molecule has 3 atom stereocenters. The molecule has 0 saturated carbocycles. The molecule has 0 spiro atoms. The van der Waals surface area contributed by atoms with Gasteiger partial charge in [-0.3, -0.25) is 0 Å². The summed E-state index contributed by atoms with van der Waals surface area (Å²) in [7, 11) is -1.43. The van der Waals surface area contributed by atoms with Crippen LogP contribution in [-0.4, -0.2) is 33.3 Å². The topological polar surface area (TPSA) is 58.2 Å². The lowest BCUT2D eigenvalue weighted by atomic mass is 10.0. The zero-order valence-electron chi connectivity index (χ0n) is 11.1. The Labute approximate surface area is 100 Å². The average Bonchev–Trinajstić information content (AvgIpc) is 2.16. The van der Waals surface area contributed by atoms with Crippen molar-refractivity contribution in [3.63, 3.8) is 0 Å². The highest BCUT2D eigenvalue weighted by Gasteiger charge is 2.22. The molecular weight excluding hydrogens is 224 g/mol. The molecule has 4 nitrogen and oxygen atoms in total. The Morgan fingerprint density at radius 2 is 1.75 bits per heavy atom. The van der Waals surface area contributed by atoms with E-state index in [1.165, 1.54) is 0 Å². The molecule has 0 aromatic heterocycles. The lowest BCUT2D eigenvalue weighted by Gasteiger charge is -2.20. The van der Waals surface area contributed by atoms with Gasteiger partial charge in [-0.1, -0.05) is 20.3 Å². The number of hydrogen-bond donors (Lipinski definition) is 2. The van der Waals surface area contributed by atoms with Gasteiger partial charge in [0.1, 0.15) is 0 Å². The lowest BCUT2D eigenvalue weighted by molar-refractivity contribution is 0.443. The molecule has 0 aliphatic rings. The molecule has 0 aromatic rings. The van der Waals surface area contributed by atoms with Gasteiger partial charge in [0, 0.05) is 12.6 Å². The summed E-state index contributed by atoms with van der Waals surface area (Å²) in [5.74, 6) is 0.553. The maximum absolute atomic E-state index is 11.8. The van der Waals surface area contributed by atoms with E-state index in [-0.39, 0.29) is 6.04 Å². The summed E-state index contributed by atoms with van der Waals surface area (Å²) >= 11 is 0. The minimum absolute atomic E-state index is 0.0132. The van der Waals surface area contributed by atoms with Crippen molar-refractivity contribution in [3.05, 3.63) is 0 Å². The third kappa shape index (κ3) is 5.82. The average molecular weight is 250 g/mol. The van der Waals surface area contributed by atoms with Gasteiger partial charge in [-0.15, -0.1) is 0 Å². The molecule has 0 heterocycles. The zero-order valence-corrected chi connectivity index (χ0v) is 11.9. The van der Waals surface area contributed by atoms with Crippen LogP contribution in [0.3, 0.4) is 0 Å². The first-order chi connectivity index (χ1) is 7.33. The summed E-state index contributed by atoms with van der Waals surface area (Å²) in [6.45, 7) is 8.38. The van der Waals surface area contributed by atoms with Crippen LogP contribution in [0.1, 0.15) is 40.5 Å². The second-order valence-corrected chi connectivity index (χ2v) is 6.81. The zero-order chi connectivity index (χ0) is 12.8. The summed E-state index contributed by atoms with van der Waals surface area (Å²) in [6.07, 6.45) is 1.97. The highest BCUT2D eigenvalue weighted by molar-refractivity contribution is 7.90. The molecule has 0 amide bonds. The molecule has 5 heteroatoms. The Kier molecular flexibility index (Phi) is 7.19. The predicted octanol–water partition coefficient (Wildman–Crippen LogP) is 1.34. The quantitative estimate of drug-likeness (QED) is 0.683. The van der Waals surface area contributed by atoms with Crippen LogP contribution in [0.15, 0.2) is 0 Å². The van der Waals surface area contributed by atoms with Crippen LogP contribution in [-0.2, 0) is 10.0 Å². The van der Waals surface area contributed by atoms with E-state index >= 15 is 0 Å². The molecule has 0 saturated heterocycles. The SMILES string of the molecule is CCC(C)CC(C)NS(=O)(=O)C(C)CNC. The Morgan fingerprint density at radius 1 is 1.19 bits per heavy atom. The Balaban J connectivity index is 4.25. The van der Waals surface area contributed by atoms with Crippen LogP contribution in [0.5, 0.6) is 0 Å². The molecule has 0 aliphatic carbocycles. The first kappa shape index (κ1) is 15.9. The summed E-state index contributed by atoms with van der Waals surface area (Å²) in [5.41, 5.74) is 0. The minimum Gasteiger partial charge on any atom is -0.318 e. The van der Waals surface area contributed by atoms with E-state index in [4.69, 9.17) is 0 Å². The third-order valence-electron chi connectivity index (χ3n) is 2.84. The fourth-order valence-electron chi connectivity index (χ4n) is 1.61. The molecule has 2 N–H and O–H groups in total. The molecule has 0 aliphatic heterocycles. The normalized spacial score (nSPS) is 18.1.